The summed E-state index contributed by atoms with van der Waals surface area (Å²) in [5.74, 6) is 2.38. The highest BCUT2D eigenvalue weighted by atomic mass is 15.4. The molecule has 0 aromatic carbocycles. The third kappa shape index (κ3) is 3.52. The molecule has 0 spiro atoms. The summed E-state index contributed by atoms with van der Waals surface area (Å²) in [4.78, 5) is 21.0. The van der Waals surface area contributed by atoms with Crippen molar-refractivity contribution < 1.29 is 0 Å². The maximum Gasteiger partial charge on any atom is 0.232 e. The van der Waals surface area contributed by atoms with E-state index in [2.05, 4.69) is 19.8 Å². The molecule has 0 radical (unpaired) electrons. The number of aryl methyl sites for hydroxylation is 1. The Hall–Kier alpha value is -2.38. The van der Waals surface area contributed by atoms with E-state index >= 15 is 0 Å². The van der Waals surface area contributed by atoms with Crippen molar-refractivity contribution in [3.8, 4) is 0 Å². The van der Waals surface area contributed by atoms with E-state index in [4.69, 9.17) is 15.0 Å². The highest BCUT2D eigenvalue weighted by molar-refractivity contribution is 5.47. The predicted octanol–water partition coefficient (Wildman–Crippen LogP) is 1.44. The van der Waals surface area contributed by atoms with E-state index in [9.17, 15) is 0 Å². The van der Waals surface area contributed by atoms with Crippen LogP contribution in [0.2, 0.25) is 0 Å². The van der Waals surface area contributed by atoms with E-state index in [1.54, 1.807) is 0 Å². The summed E-state index contributed by atoms with van der Waals surface area (Å²) in [5, 5.41) is 4.24. The van der Waals surface area contributed by atoms with Crippen molar-refractivity contribution in [3.63, 3.8) is 0 Å². The maximum atomic E-state index is 4.78. The monoisotopic (exact) mass is 342 g/mol. The average Bonchev–Trinajstić information content (AvgIpc) is 3.37. The summed E-state index contributed by atoms with van der Waals surface area (Å²) < 4.78 is 1.82. The molecule has 0 aliphatic carbocycles. The van der Waals surface area contributed by atoms with Gasteiger partial charge in [0.1, 0.15) is 0 Å². The normalized spacial score (nSPS) is 17.5. The lowest BCUT2D eigenvalue weighted by Crippen LogP contribution is -2.28. The number of rotatable bonds is 5. The van der Waals surface area contributed by atoms with Crippen LogP contribution < -0.4 is 14.7 Å². The van der Waals surface area contributed by atoms with Gasteiger partial charge in [-0.3, -0.25) is 4.68 Å². The minimum Gasteiger partial charge on any atom is -0.341 e. The van der Waals surface area contributed by atoms with Gasteiger partial charge in [-0.05, 0) is 25.7 Å². The van der Waals surface area contributed by atoms with Gasteiger partial charge in [0, 0.05) is 58.6 Å². The van der Waals surface area contributed by atoms with Crippen molar-refractivity contribution in [3.05, 3.63) is 18.0 Å². The lowest BCUT2D eigenvalue weighted by Gasteiger charge is -2.23. The second kappa shape index (κ2) is 6.85. The quantitative estimate of drug-likeness (QED) is 0.814. The molecule has 8 heteroatoms. The van der Waals surface area contributed by atoms with Crippen LogP contribution in [-0.4, -0.2) is 58.0 Å². The fraction of sp³-hybridized carbons (Fsp3) is 0.647. The number of aromatic nitrogens is 5. The van der Waals surface area contributed by atoms with Crippen molar-refractivity contribution in [2.45, 2.75) is 32.2 Å². The van der Waals surface area contributed by atoms with Crippen molar-refractivity contribution in [1.29, 1.82) is 0 Å². The van der Waals surface area contributed by atoms with Crippen LogP contribution in [0.1, 0.15) is 31.2 Å². The summed E-state index contributed by atoms with van der Waals surface area (Å²) in [6.07, 6.45) is 8.77. The molecule has 0 saturated carbocycles. The summed E-state index contributed by atoms with van der Waals surface area (Å²) in [5.41, 5.74) is 1.15. The highest BCUT2D eigenvalue weighted by Gasteiger charge is 2.22. The largest absolute Gasteiger partial charge is 0.341 e. The minimum absolute atomic E-state index is 0.733. The molecule has 0 amide bonds. The van der Waals surface area contributed by atoms with Crippen LogP contribution in [0.3, 0.4) is 0 Å². The van der Waals surface area contributed by atoms with Crippen molar-refractivity contribution >= 4 is 17.8 Å². The molecule has 4 heterocycles. The molecule has 4 rings (SSSR count). The fourth-order valence-corrected chi connectivity index (χ4v) is 3.53. The first-order valence-corrected chi connectivity index (χ1v) is 9.14. The number of anilines is 3. The molecule has 2 aliphatic rings. The van der Waals surface area contributed by atoms with Gasteiger partial charge in [-0.15, -0.1) is 0 Å². The van der Waals surface area contributed by atoms with E-state index in [1.807, 2.05) is 31.2 Å². The Bertz CT molecular complexity index is 681. The molecular weight excluding hydrogens is 316 g/mol. The summed E-state index contributed by atoms with van der Waals surface area (Å²) in [6, 6.07) is 0. The van der Waals surface area contributed by atoms with Gasteiger partial charge >= 0.3 is 0 Å². The highest BCUT2D eigenvalue weighted by Crippen LogP contribution is 2.24. The first kappa shape index (κ1) is 16.1. The van der Waals surface area contributed by atoms with Crippen LogP contribution in [0, 0.1) is 0 Å². The second-order valence-corrected chi connectivity index (χ2v) is 7.00. The first-order chi connectivity index (χ1) is 12.2. The third-order valence-corrected chi connectivity index (χ3v) is 4.90. The van der Waals surface area contributed by atoms with Gasteiger partial charge in [0.2, 0.25) is 17.8 Å². The molecule has 0 unspecified atom stereocenters. The lowest BCUT2D eigenvalue weighted by molar-refractivity contribution is 0.765. The molecule has 2 saturated heterocycles. The van der Waals surface area contributed by atoms with Crippen LogP contribution in [0.4, 0.5) is 17.8 Å². The first-order valence-electron chi connectivity index (χ1n) is 9.14. The fourth-order valence-electron chi connectivity index (χ4n) is 3.53. The van der Waals surface area contributed by atoms with Gasteiger partial charge in [0.25, 0.3) is 0 Å². The minimum atomic E-state index is 0.733. The number of hydrogen-bond donors (Lipinski definition) is 0. The molecule has 0 atom stereocenters. The van der Waals surface area contributed by atoms with Crippen LogP contribution in [0.5, 0.6) is 0 Å². The Morgan fingerprint density at radius 2 is 1.48 bits per heavy atom. The average molecular weight is 342 g/mol. The number of hydrogen-bond acceptors (Lipinski definition) is 7. The zero-order valence-electron chi connectivity index (χ0n) is 15.1. The maximum absolute atomic E-state index is 4.78. The van der Waals surface area contributed by atoms with Gasteiger partial charge < -0.3 is 14.7 Å². The zero-order chi connectivity index (χ0) is 17.2. The van der Waals surface area contributed by atoms with E-state index < -0.39 is 0 Å². The van der Waals surface area contributed by atoms with Crippen molar-refractivity contribution in [2.24, 2.45) is 7.05 Å². The Balaban J connectivity index is 1.62. The van der Waals surface area contributed by atoms with Crippen molar-refractivity contribution in [2.75, 3.05) is 47.9 Å². The Kier molecular flexibility index (Phi) is 4.42. The van der Waals surface area contributed by atoms with Crippen LogP contribution >= 0.6 is 0 Å². The van der Waals surface area contributed by atoms with Crippen LogP contribution in [-0.2, 0) is 13.6 Å². The van der Waals surface area contributed by atoms with E-state index in [-0.39, 0.29) is 0 Å². The smallest absolute Gasteiger partial charge is 0.232 e. The SMILES string of the molecule is CN(Cc1cnn(C)c1)c1nc(N2CCCC2)nc(N2CCCC2)n1. The predicted molar refractivity (Wildman–Crippen MR) is 98.0 cm³/mol. The molecule has 2 aromatic rings. The Morgan fingerprint density at radius 1 is 0.920 bits per heavy atom. The lowest BCUT2D eigenvalue weighted by atomic mass is 10.3. The van der Waals surface area contributed by atoms with Gasteiger partial charge in [-0.1, -0.05) is 0 Å². The van der Waals surface area contributed by atoms with Gasteiger partial charge in [-0.25, -0.2) is 0 Å². The third-order valence-electron chi connectivity index (χ3n) is 4.90. The summed E-state index contributed by atoms with van der Waals surface area (Å²) in [7, 11) is 3.97. The molecule has 0 N–H and O–H groups in total. The van der Waals surface area contributed by atoms with Crippen LogP contribution in [0.25, 0.3) is 0 Å². The Morgan fingerprint density at radius 3 is 1.96 bits per heavy atom. The molecule has 2 aliphatic heterocycles. The molecule has 25 heavy (non-hydrogen) atoms. The Labute approximate surface area is 148 Å². The summed E-state index contributed by atoms with van der Waals surface area (Å²) in [6.45, 7) is 4.88. The zero-order valence-corrected chi connectivity index (χ0v) is 15.1. The number of nitrogens with zero attached hydrogens (tertiary/aromatic N) is 8. The van der Waals surface area contributed by atoms with Gasteiger partial charge in [0.15, 0.2) is 0 Å². The van der Waals surface area contributed by atoms with Gasteiger partial charge in [0.05, 0.1) is 6.20 Å². The second-order valence-electron chi connectivity index (χ2n) is 7.00. The molecule has 134 valence electrons. The molecule has 8 nitrogen and oxygen atoms in total. The standard InChI is InChI=1S/C17H26N8/c1-22(12-14-11-18-23(2)13-14)15-19-16(24-7-3-4-8-24)21-17(20-15)25-9-5-6-10-25/h11,13H,3-10,12H2,1-2H3. The summed E-state index contributed by atoms with van der Waals surface area (Å²) >= 11 is 0. The molecule has 2 fully saturated rings. The molecule has 0 bridgehead atoms. The molecule has 2 aromatic heterocycles. The van der Waals surface area contributed by atoms with Crippen LogP contribution in [0.15, 0.2) is 12.4 Å². The molecular formula is C17H26N8. The van der Waals surface area contributed by atoms with E-state index in [0.717, 1.165) is 56.1 Å². The van der Waals surface area contributed by atoms with Gasteiger partial charge in [-0.2, -0.15) is 20.1 Å². The van der Waals surface area contributed by atoms with E-state index in [1.165, 1.54) is 25.7 Å². The topological polar surface area (TPSA) is 66.2 Å². The van der Waals surface area contributed by atoms with Crippen molar-refractivity contribution in [1.82, 2.24) is 24.7 Å². The van der Waals surface area contributed by atoms with E-state index in [0.29, 0.717) is 0 Å².